The van der Waals surface area contributed by atoms with E-state index >= 15 is 0 Å². The zero-order valence-corrected chi connectivity index (χ0v) is 10.3. The van der Waals surface area contributed by atoms with Crippen LogP contribution in [0.3, 0.4) is 0 Å². The molecular formula is C12H20O4. The first-order chi connectivity index (χ1) is 7.22. The molecule has 0 aliphatic heterocycles. The number of rotatable bonds is 2. The van der Waals surface area contributed by atoms with Crippen LogP contribution >= 0.6 is 0 Å². The summed E-state index contributed by atoms with van der Waals surface area (Å²) in [6.07, 6.45) is 1.35. The Morgan fingerprint density at radius 2 is 1.81 bits per heavy atom. The molecule has 0 aromatic rings. The van der Waals surface area contributed by atoms with Crippen molar-refractivity contribution in [3.05, 3.63) is 0 Å². The first-order valence-electron chi connectivity index (χ1n) is 5.68. The van der Waals surface area contributed by atoms with Gasteiger partial charge in [-0.05, 0) is 39.5 Å². The summed E-state index contributed by atoms with van der Waals surface area (Å²) in [6, 6.07) is 0. The molecule has 4 nitrogen and oxygen atoms in total. The van der Waals surface area contributed by atoms with Crippen LogP contribution in [0.2, 0.25) is 0 Å². The van der Waals surface area contributed by atoms with E-state index in [0.29, 0.717) is 6.42 Å². The van der Waals surface area contributed by atoms with Crippen molar-refractivity contribution in [3.63, 3.8) is 0 Å². The van der Waals surface area contributed by atoms with Crippen molar-refractivity contribution in [2.24, 2.45) is 17.8 Å². The Balaban J connectivity index is 2.76. The maximum absolute atomic E-state index is 11.9. The maximum atomic E-state index is 11.9. The molecule has 1 N–H and O–H groups in total. The van der Waals surface area contributed by atoms with E-state index in [4.69, 9.17) is 9.84 Å². The van der Waals surface area contributed by atoms with E-state index in [9.17, 15) is 9.59 Å². The highest BCUT2D eigenvalue weighted by molar-refractivity contribution is 5.82. The fourth-order valence-corrected chi connectivity index (χ4v) is 2.24. The average Bonchev–Trinajstić information content (AvgIpc) is 2.43. The lowest BCUT2D eigenvalue weighted by Gasteiger charge is -2.25. The van der Waals surface area contributed by atoms with E-state index in [1.54, 1.807) is 20.8 Å². The highest BCUT2D eigenvalue weighted by Crippen LogP contribution is 2.38. The summed E-state index contributed by atoms with van der Waals surface area (Å²) in [4.78, 5) is 22.9. The van der Waals surface area contributed by atoms with Crippen LogP contribution < -0.4 is 0 Å². The standard InChI is InChI=1S/C12H20O4/c1-7-5-6-8(10(13)14)9(7)11(15)16-12(2,3)4/h7-9H,5-6H2,1-4H3,(H,13,14)/t7-,8+,9?/m0/s1. The topological polar surface area (TPSA) is 63.6 Å². The molecule has 0 bridgehead atoms. The van der Waals surface area contributed by atoms with Gasteiger partial charge in [0.25, 0.3) is 0 Å². The zero-order chi connectivity index (χ0) is 12.5. The van der Waals surface area contributed by atoms with Crippen LogP contribution in [0.5, 0.6) is 0 Å². The number of hydrogen-bond acceptors (Lipinski definition) is 3. The number of hydrogen-bond donors (Lipinski definition) is 1. The third kappa shape index (κ3) is 2.97. The number of aliphatic carboxylic acids is 1. The first kappa shape index (κ1) is 13.0. The summed E-state index contributed by atoms with van der Waals surface area (Å²) < 4.78 is 5.27. The Morgan fingerprint density at radius 3 is 2.25 bits per heavy atom. The number of carboxylic acids is 1. The predicted molar refractivity (Wildman–Crippen MR) is 58.9 cm³/mol. The average molecular weight is 228 g/mol. The fourth-order valence-electron chi connectivity index (χ4n) is 2.24. The van der Waals surface area contributed by atoms with E-state index in [0.717, 1.165) is 6.42 Å². The Morgan fingerprint density at radius 1 is 1.25 bits per heavy atom. The predicted octanol–water partition coefficient (Wildman–Crippen LogP) is 2.07. The van der Waals surface area contributed by atoms with Crippen LogP contribution in [0.25, 0.3) is 0 Å². The lowest BCUT2D eigenvalue weighted by Crippen LogP contribution is -2.35. The Labute approximate surface area is 96.0 Å². The molecule has 0 radical (unpaired) electrons. The van der Waals surface area contributed by atoms with Gasteiger partial charge in [-0.2, -0.15) is 0 Å². The number of ether oxygens (including phenoxy) is 1. The second kappa shape index (κ2) is 4.44. The normalized spacial score (nSPS) is 30.1. The van der Waals surface area contributed by atoms with E-state index < -0.39 is 23.4 Å². The van der Waals surface area contributed by atoms with Gasteiger partial charge in [-0.1, -0.05) is 6.92 Å². The molecule has 1 saturated carbocycles. The lowest BCUT2D eigenvalue weighted by atomic mass is 9.90. The second-order valence-electron chi connectivity index (χ2n) is 5.56. The van der Waals surface area contributed by atoms with Gasteiger partial charge in [0.2, 0.25) is 0 Å². The molecule has 1 aliphatic carbocycles. The monoisotopic (exact) mass is 228 g/mol. The molecule has 0 heterocycles. The second-order valence-corrected chi connectivity index (χ2v) is 5.56. The number of carbonyl (C=O) groups is 2. The smallest absolute Gasteiger partial charge is 0.310 e. The minimum atomic E-state index is -0.889. The molecule has 1 unspecified atom stereocenters. The molecule has 0 saturated heterocycles. The van der Waals surface area contributed by atoms with Crippen molar-refractivity contribution in [1.82, 2.24) is 0 Å². The van der Waals surface area contributed by atoms with E-state index in [-0.39, 0.29) is 11.9 Å². The van der Waals surface area contributed by atoms with Gasteiger partial charge in [0.1, 0.15) is 5.60 Å². The number of esters is 1. The molecule has 0 spiro atoms. The van der Waals surface area contributed by atoms with E-state index in [1.165, 1.54) is 0 Å². The van der Waals surface area contributed by atoms with Crippen molar-refractivity contribution in [2.45, 2.75) is 46.1 Å². The minimum absolute atomic E-state index is 0.0935. The molecule has 92 valence electrons. The summed E-state index contributed by atoms with van der Waals surface area (Å²) >= 11 is 0. The molecule has 1 aliphatic rings. The highest BCUT2D eigenvalue weighted by Gasteiger charge is 2.44. The van der Waals surface area contributed by atoms with Gasteiger partial charge in [0, 0.05) is 0 Å². The fraction of sp³-hybridized carbons (Fsp3) is 0.833. The van der Waals surface area contributed by atoms with Gasteiger partial charge in [-0.25, -0.2) is 0 Å². The highest BCUT2D eigenvalue weighted by atomic mass is 16.6. The quantitative estimate of drug-likeness (QED) is 0.735. The molecule has 0 amide bonds. The van der Waals surface area contributed by atoms with E-state index in [2.05, 4.69) is 0 Å². The summed E-state index contributed by atoms with van der Waals surface area (Å²) in [7, 11) is 0. The van der Waals surface area contributed by atoms with Gasteiger partial charge in [-0.3, -0.25) is 9.59 Å². The third-order valence-corrected chi connectivity index (χ3v) is 2.98. The Bertz CT molecular complexity index is 290. The molecule has 1 fully saturated rings. The SMILES string of the molecule is C[C@H]1CC[C@@H](C(=O)O)C1C(=O)OC(C)(C)C. The zero-order valence-electron chi connectivity index (χ0n) is 10.3. The van der Waals surface area contributed by atoms with Gasteiger partial charge in [0.05, 0.1) is 11.8 Å². The van der Waals surface area contributed by atoms with Crippen molar-refractivity contribution < 1.29 is 19.4 Å². The van der Waals surface area contributed by atoms with Gasteiger partial charge >= 0.3 is 11.9 Å². The molecule has 16 heavy (non-hydrogen) atoms. The van der Waals surface area contributed by atoms with E-state index in [1.807, 2.05) is 6.92 Å². The minimum Gasteiger partial charge on any atom is -0.481 e. The van der Waals surface area contributed by atoms with Crippen LogP contribution in [0.15, 0.2) is 0 Å². The lowest BCUT2D eigenvalue weighted by molar-refractivity contribution is -0.166. The van der Waals surface area contributed by atoms with Crippen LogP contribution in [0.1, 0.15) is 40.5 Å². The maximum Gasteiger partial charge on any atom is 0.310 e. The van der Waals surface area contributed by atoms with Gasteiger partial charge in [-0.15, -0.1) is 0 Å². The third-order valence-electron chi connectivity index (χ3n) is 2.98. The van der Waals surface area contributed by atoms with Crippen molar-refractivity contribution in [1.29, 1.82) is 0 Å². The van der Waals surface area contributed by atoms with Crippen molar-refractivity contribution in [2.75, 3.05) is 0 Å². The molecule has 1 rings (SSSR count). The summed E-state index contributed by atoms with van der Waals surface area (Å²) in [5, 5.41) is 9.04. The molecule has 4 heteroatoms. The van der Waals surface area contributed by atoms with Crippen LogP contribution in [-0.2, 0) is 14.3 Å². The molecular weight excluding hydrogens is 208 g/mol. The molecule has 3 atom stereocenters. The Kier molecular flexibility index (Phi) is 3.61. The van der Waals surface area contributed by atoms with Crippen molar-refractivity contribution >= 4 is 11.9 Å². The molecule has 0 aromatic carbocycles. The van der Waals surface area contributed by atoms with Gasteiger partial charge < -0.3 is 9.84 Å². The first-order valence-corrected chi connectivity index (χ1v) is 5.68. The summed E-state index contributed by atoms with van der Waals surface area (Å²) in [5.74, 6) is -2.23. The number of carboxylic acid groups (broad SMARTS) is 1. The summed E-state index contributed by atoms with van der Waals surface area (Å²) in [6.45, 7) is 7.29. The largest absolute Gasteiger partial charge is 0.481 e. The van der Waals surface area contributed by atoms with Crippen molar-refractivity contribution in [3.8, 4) is 0 Å². The van der Waals surface area contributed by atoms with Crippen LogP contribution in [0.4, 0.5) is 0 Å². The van der Waals surface area contributed by atoms with Gasteiger partial charge in [0.15, 0.2) is 0 Å². The molecule has 0 aromatic heterocycles. The number of carbonyl (C=O) groups excluding carboxylic acids is 1. The summed E-state index contributed by atoms with van der Waals surface area (Å²) in [5.41, 5.74) is -0.553. The van der Waals surface area contributed by atoms with Crippen LogP contribution in [-0.4, -0.2) is 22.6 Å². The Hall–Kier alpha value is -1.06. The van der Waals surface area contributed by atoms with Crippen LogP contribution in [0, 0.1) is 17.8 Å².